The van der Waals surface area contributed by atoms with Crippen LogP contribution < -0.4 is 18.9 Å². The van der Waals surface area contributed by atoms with E-state index in [0.29, 0.717) is 41.2 Å². The van der Waals surface area contributed by atoms with Crippen LogP contribution in [0.4, 0.5) is 0 Å². The Kier molecular flexibility index (Phi) is 6.26. The van der Waals surface area contributed by atoms with Crippen molar-refractivity contribution >= 4 is 23.6 Å². The number of carbonyl (C=O) groups excluding carboxylic acids is 1. The first-order valence-electron chi connectivity index (χ1n) is 8.59. The van der Waals surface area contributed by atoms with Crippen molar-refractivity contribution in [1.29, 1.82) is 0 Å². The van der Waals surface area contributed by atoms with E-state index in [-0.39, 0.29) is 12.0 Å². The van der Waals surface area contributed by atoms with Crippen LogP contribution in [0, 0.1) is 0 Å². The minimum Gasteiger partial charge on any atom is -0.493 e. The van der Waals surface area contributed by atoms with Crippen LogP contribution >= 0.6 is 11.6 Å². The molecule has 0 aliphatic carbocycles. The van der Waals surface area contributed by atoms with Crippen molar-refractivity contribution in [3.63, 3.8) is 0 Å². The van der Waals surface area contributed by atoms with Crippen molar-refractivity contribution in [1.82, 2.24) is 9.88 Å². The first kappa shape index (κ1) is 19.8. The third-order valence-electron chi connectivity index (χ3n) is 4.25. The lowest BCUT2D eigenvalue weighted by Gasteiger charge is -2.38. The van der Waals surface area contributed by atoms with Gasteiger partial charge in [0.25, 0.3) is 0 Å². The quantitative estimate of drug-likeness (QED) is 0.660. The highest BCUT2D eigenvalue weighted by atomic mass is 35.5. The van der Waals surface area contributed by atoms with Crippen molar-refractivity contribution in [2.24, 2.45) is 0 Å². The standard InChI is InChI=1S/C20H21ClN2O5/c1-25-16-8-13(9-17(26-2)20(16)27-3)4-7-19(24)23-11-15(12-23)28-18-6-5-14(21)10-22-18/h4-10,15H,11-12H2,1-3H3/b7-4+. The number of rotatable bonds is 7. The predicted octanol–water partition coefficient (Wildman–Crippen LogP) is 3.06. The molecule has 28 heavy (non-hydrogen) atoms. The molecule has 1 saturated heterocycles. The smallest absolute Gasteiger partial charge is 0.246 e. The predicted molar refractivity (Wildman–Crippen MR) is 105 cm³/mol. The highest BCUT2D eigenvalue weighted by molar-refractivity contribution is 6.30. The fourth-order valence-electron chi connectivity index (χ4n) is 2.77. The van der Waals surface area contributed by atoms with Crippen molar-refractivity contribution in [3.05, 3.63) is 47.1 Å². The normalized spacial score (nSPS) is 13.9. The Bertz CT molecular complexity index is 838. The van der Waals surface area contributed by atoms with Gasteiger partial charge in [-0.25, -0.2) is 4.98 Å². The largest absolute Gasteiger partial charge is 0.493 e. The Labute approximate surface area is 168 Å². The van der Waals surface area contributed by atoms with E-state index in [1.165, 1.54) is 12.3 Å². The summed E-state index contributed by atoms with van der Waals surface area (Å²) in [5.74, 6) is 1.96. The van der Waals surface area contributed by atoms with Gasteiger partial charge in [0.1, 0.15) is 6.10 Å². The fourth-order valence-corrected chi connectivity index (χ4v) is 2.88. The number of hydrogen-bond acceptors (Lipinski definition) is 6. The van der Waals surface area contributed by atoms with Gasteiger partial charge in [-0.05, 0) is 29.8 Å². The minimum absolute atomic E-state index is 0.0767. The summed E-state index contributed by atoms with van der Waals surface area (Å²) in [7, 11) is 4.64. The number of hydrogen-bond donors (Lipinski definition) is 0. The lowest BCUT2D eigenvalue weighted by Crippen LogP contribution is -2.55. The lowest BCUT2D eigenvalue weighted by atomic mass is 10.1. The number of methoxy groups -OCH3 is 3. The number of likely N-dealkylation sites (tertiary alicyclic amines) is 1. The van der Waals surface area contributed by atoms with Crippen LogP contribution in [0.3, 0.4) is 0 Å². The van der Waals surface area contributed by atoms with Crippen molar-refractivity contribution in [2.45, 2.75) is 6.10 Å². The Morgan fingerprint density at radius 1 is 1.14 bits per heavy atom. The molecule has 0 N–H and O–H groups in total. The number of benzene rings is 1. The Balaban J connectivity index is 1.58. The Morgan fingerprint density at radius 3 is 2.36 bits per heavy atom. The molecule has 3 rings (SSSR count). The van der Waals surface area contributed by atoms with Crippen LogP contribution in [0.2, 0.25) is 5.02 Å². The Hall–Kier alpha value is -2.93. The molecule has 1 fully saturated rings. The molecule has 1 aliphatic rings. The van der Waals surface area contributed by atoms with Gasteiger partial charge in [-0.2, -0.15) is 0 Å². The highest BCUT2D eigenvalue weighted by Gasteiger charge is 2.31. The molecule has 1 aromatic carbocycles. The number of pyridine rings is 1. The van der Waals surface area contributed by atoms with Gasteiger partial charge < -0.3 is 23.8 Å². The van der Waals surface area contributed by atoms with E-state index in [2.05, 4.69) is 4.98 Å². The third-order valence-corrected chi connectivity index (χ3v) is 4.48. The molecule has 8 heteroatoms. The second kappa shape index (κ2) is 8.84. The van der Waals surface area contributed by atoms with Crippen molar-refractivity contribution in [3.8, 4) is 23.1 Å². The van der Waals surface area contributed by atoms with Gasteiger partial charge in [-0.15, -0.1) is 0 Å². The van der Waals surface area contributed by atoms with Crippen LogP contribution in [-0.4, -0.2) is 56.3 Å². The molecule has 0 bridgehead atoms. The highest BCUT2D eigenvalue weighted by Crippen LogP contribution is 2.38. The molecule has 0 radical (unpaired) electrons. The fraction of sp³-hybridized carbons (Fsp3) is 0.300. The van der Waals surface area contributed by atoms with E-state index in [9.17, 15) is 4.79 Å². The molecular formula is C20H21ClN2O5. The molecule has 7 nitrogen and oxygen atoms in total. The van der Waals surface area contributed by atoms with Crippen molar-refractivity contribution < 1.29 is 23.7 Å². The first-order chi connectivity index (χ1) is 13.5. The SMILES string of the molecule is COc1cc(/C=C/C(=O)N2CC(Oc3ccc(Cl)cn3)C2)cc(OC)c1OC. The number of halogens is 1. The van der Waals surface area contributed by atoms with Crippen LogP contribution in [0.25, 0.3) is 6.08 Å². The second-order valence-corrected chi connectivity index (χ2v) is 6.53. The maximum absolute atomic E-state index is 12.3. The summed E-state index contributed by atoms with van der Waals surface area (Å²) in [6.07, 6.45) is 4.67. The van der Waals surface area contributed by atoms with Gasteiger partial charge in [0.2, 0.25) is 17.5 Å². The maximum Gasteiger partial charge on any atom is 0.246 e. The van der Waals surface area contributed by atoms with Crippen molar-refractivity contribution in [2.75, 3.05) is 34.4 Å². The zero-order valence-electron chi connectivity index (χ0n) is 15.8. The summed E-state index contributed by atoms with van der Waals surface area (Å²) in [6.45, 7) is 1.01. The molecule has 0 spiro atoms. The van der Waals surface area contributed by atoms with Gasteiger partial charge >= 0.3 is 0 Å². The van der Waals surface area contributed by atoms with Gasteiger partial charge in [0.15, 0.2) is 11.5 Å². The third kappa shape index (κ3) is 4.48. The Morgan fingerprint density at radius 2 is 1.82 bits per heavy atom. The van der Waals surface area contributed by atoms with Crippen LogP contribution in [0.1, 0.15) is 5.56 Å². The molecule has 1 amide bonds. The summed E-state index contributed by atoms with van der Waals surface area (Å²) in [6, 6.07) is 6.97. The van der Waals surface area contributed by atoms with E-state index >= 15 is 0 Å². The summed E-state index contributed by atoms with van der Waals surface area (Å²) in [5, 5.41) is 0.551. The van der Waals surface area contributed by atoms with Crippen LogP contribution in [-0.2, 0) is 4.79 Å². The number of aromatic nitrogens is 1. The summed E-state index contributed by atoms with van der Waals surface area (Å²) in [5.41, 5.74) is 0.765. The average Bonchev–Trinajstić information content (AvgIpc) is 2.68. The van der Waals surface area contributed by atoms with Gasteiger partial charge in [0, 0.05) is 18.3 Å². The van der Waals surface area contributed by atoms with E-state index in [4.69, 9.17) is 30.5 Å². The zero-order chi connectivity index (χ0) is 20.1. The number of carbonyl (C=O) groups is 1. The summed E-state index contributed by atoms with van der Waals surface area (Å²) < 4.78 is 21.6. The van der Waals surface area contributed by atoms with Gasteiger partial charge in [0.05, 0.1) is 39.4 Å². The van der Waals surface area contributed by atoms with E-state index in [1.54, 1.807) is 56.6 Å². The zero-order valence-corrected chi connectivity index (χ0v) is 16.6. The molecule has 0 unspecified atom stereocenters. The molecule has 148 valence electrons. The lowest BCUT2D eigenvalue weighted by molar-refractivity contribution is -0.134. The number of nitrogens with zero attached hydrogens (tertiary/aromatic N) is 2. The van der Waals surface area contributed by atoms with Gasteiger partial charge in [-0.3, -0.25) is 4.79 Å². The van der Waals surface area contributed by atoms with Gasteiger partial charge in [-0.1, -0.05) is 11.6 Å². The molecule has 2 heterocycles. The molecular weight excluding hydrogens is 384 g/mol. The molecule has 0 atom stereocenters. The summed E-state index contributed by atoms with van der Waals surface area (Å²) >= 11 is 5.80. The number of amides is 1. The molecule has 1 aromatic heterocycles. The maximum atomic E-state index is 12.3. The average molecular weight is 405 g/mol. The van der Waals surface area contributed by atoms with E-state index in [0.717, 1.165) is 5.56 Å². The second-order valence-electron chi connectivity index (χ2n) is 6.09. The summed E-state index contributed by atoms with van der Waals surface area (Å²) in [4.78, 5) is 18.1. The van der Waals surface area contributed by atoms with Crippen LogP contribution in [0.5, 0.6) is 23.1 Å². The first-order valence-corrected chi connectivity index (χ1v) is 8.97. The molecule has 1 aliphatic heterocycles. The van der Waals surface area contributed by atoms with E-state index < -0.39 is 0 Å². The topological polar surface area (TPSA) is 70.1 Å². The molecule has 0 saturated carbocycles. The number of ether oxygens (including phenoxy) is 4. The monoisotopic (exact) mass is 404 g/mol. The van der Waals surface area contributed by atoms with Crippen LogP contribution in [0.15, 0.2) is 36.5 Å². The minimum atomic E-state index is -0.0994. The van der Waals surface area contributed by atoms with E-state index in [1.807, 2.05) is 0 Å². The molecule has 2 aromatic rings.